The third-order valence-corrected chi connectivity index (χ3v) is 7.41. The number of ether oxygens (including phenoxy) is 3. The normalized spacial score (nSPS) is 27.5. The molecule has 0 N–H and O–H groups in total. The summed E-state index contributed by atoms with van der Waals surface area (Å²) in [6.07, 6.45) is 0.702. The minimum atomic E-state index is -0.244. The van der Waals surface area contributed by atoms with Crippen LogP contribution in [-0.2, 0) is 16.1 Å². The van der Waals surface area contributed by atoms with Crippen LogP contribution in [-0.4, -0.2) is 61.9 Å². The Balaban J connectivity index is 1.40. The highest BCUT2D eigenvalue weighted by molar-refractivity contribution is 5.69. The summed E-state index contributed by atoms with van der Waals surface area (Å²) >= 11 is 0. The van der Waals surface area contributed by atoms with Gasteiger partial charge in [-0.2, -0.15) is 0 Å². The molecule has 32 heavy (non-hydrogen) atoms. The average Bonchev–Trinajstić information content (AvgIpc) is 3.53. The van der Waals surface area contributed by atoms with Crippen molar-refractivity contribution in [1.29, 1.82) is 0 Å². The molecular weight excluding hydrogens is 404 g/mol. The van der Waals surface area contributed by atoms with E-state index in [9.17, 15) is 4.79 Å². The van der Waals surface area contributed by atoms with Gasteiger partial charge < -0.3 is 14.2 Å². The van der Waals surface area contributed by atoms with E-state index in [1.54, 1.807) is 7.11 Å². The molecular formula is C26H32N2O4. The first-order valence-electron chi connectivity index (χ1n) is 11.6. The third-order valence-electron chi connectivity index (χ3n) is 7.41. The Morgan fingerprint density at radius 3 is 2.53 bits per heavy atom. The molecule has 2 aromatic rings. The van der Waals surface area contributed by atoms with Gasteiger partial charge in [0.2, 0.25) is 0 Å². The number of hydrogen-bond acceptors (Lipinski definition) is 5. The SMILES string of the molecule is COc1cccc([C@@H]2[C@H](N3CC4COCC4C3)CCN2C(=O)OCc2ccccc2)c1C. The highest BCUT2D eigenvalue weighted by Crippen LogP contribution is 2.42. The quantitative estimate of drug-likeness (QED) is 0.708. The first-order chi connectivity index (χ1) is 15.7. The summed E-state index contributed by atoms with van der Waals surface area (Å²) in [7, 11) is 1.70. The number of amides is 1. The molecule has 170 valence electrons. The second-order valence-corrected chi connectivity index (χ2v) is 9.22. The molecule has 0 saturated carbocycles. The first kappa shape index (κ1) is 21.3. The van der Waals surface area contributed by atoms with Crippen LogP contribution in [0.2, 0.25) is 0 Å². The highest BCUT2D eigenvalue weighted by Gasteiger charge is 2.47. The van der Waals surface area contributed by atoms with Crippen molar-refractivity contribution in [3.05, 3.63) is 65.2 Å². The summed E-state index contributed by atoms with van der Waals surface area (Å²) in [5, 5.41) is 0. The maximum Gasteiger partial charge on any atom is 0.410 e. The Morgan fingerprint density at radius 2 is 1.81 bits per heavy atom. The lowest BCUT2D eigenvalue weighted by molar-refractivity contribution is 0.0785. The van der Waals surface area contributed by atoms with Gasteiger partial charge >= 0.3 is 6.09 Å². The number of carbonyl (C=O) groups is 1. The third kappa shape index (κ3) is 3.97. The molecule has 3 aliphatic heterocycles. The van der Waals surface area contributed by atoms with Crippen LogP contribution in [0.4, 0.5) is 4.79 Å². The molecule has 3 aliphatic rings. The van der Waals surface area contributed by atoms with Crippen LogP contribution in [0, 0.1) is 18.8 Å². The van der Waals surface area contributed by atoms with Crippen molar-refractivity contribution in [3.8, 4) is 5.75 Å². The summed E-state index contributed by atoms with van der Waals surface area (Å²) in [5.41, 5.74) is 3.24. The number of likely N-dealkylation sites (tertiary alicyclic amines) is 2. The molecule has 2 unspecified atom stereocenters. The van der Waals surface area contributed by atoms with Crippen molar-refractivity contribution in [2.75, 3.05) is 40.0 Å². The Labute approximate surface area is 190 Å². The van der Waals surface area contributed by atoms with Crippen LogP contribution in [0.3, 0.4) is 0 Å². The Hall–Kier alpha value is -2.57. The number of nitrogens with zero attached hydrogens (tertiary/aromatic N) is 2. The molecule has 0 radical (unpaired) electrons. The lowest BCUT2D eigenvalue weighted by atomic mass is 9.94. The largest absolute Gasteiger partial charge is 0.496 e. The monoisotopic (exact) mass is 436 g/mol. The number of hydrogen-bond donors (Lipinski definition) is 0. The van der Waals surface area contributed by atoms with E-state index in [0.717, 1.165) is 55.2 Å². The van der Waals surface area contributed by atoms with E-state index in [4.69, 9.17) is 14.2 Å². The molecule has 3 fully saturated rings. The topological polar surface area (TPSA) is 51.2 Å². The molecule has 4 atom stereocenters. The van der Waals surface area contributed by atoms with E-state index in [2.05, 4.69) is 17.9 Å². The summed E-state index contributed by atoms with van der Waals surface area (Å²) in [5.74, 6) is 2.08. The van der Waals surface area contributed by atoms with Crippen molar-refractivity contribution in [1.82, 2.24) is 9.80 Å². The van der Waals surface area contributed by atoms with Crippen molar-refractivity contribution < 1.29 is 19.0 Å². The second kappa shape index (κ2) is 9.12. The number of rotatable bonds is 5. The smallest absolute Gasteiger partial charge is 0.410 e. The van der Waals surface area contributed by atoms with Crippen molar-refractivity contribution >= 4 is 6.09 Å². The fraction of sp³-hybridized carbons (Fsp3) is 0.500. The van der Waals surface area contributed by atoms with E-state index in [-0.39, 0.29) is 24.8 Å². The second-order valence-electron chi connectivity index (χ2n) is 9.22. The molecule has 0 aliphatic carbocycles. The standard InChI is InChI=1S/C26H32N2O4/c1-18-22(9-6-10-24(18)30-2)25-23(27-13-20-16-31-17-21(20)14-27)11-12-28(25)26(29)32-15-19-7-4-3-5-8-19/h3-10,20-21,23,25H,11-17H2,1-2H3/t20?,21?,23-,25-/m1/s1. The lowest BCUT2D eigenvalue weighted by Gasteiger charge is -2.34. The molecule has 3 heterocycles. The number of benzene rings is 2. The predicted molar refractivity (Wildman–Crippen MR) is 122 cm³/mol. The number of fused-ring (bicyclic) bond motifs is 1. The molecule has 6 nitrogen and oxygen atoms in total. The Kier molecular flexibility index (Phi) is 6.07. The minimum Gasteiger partial charge on any atom is -0.496 e. The van der Waals surface area contributed by atoms with Gasteiger partial charge in [-0.15, -0.1) is 0 Å². The van der Waals surface area contributed by atoms with E-state index in [1.165, 1.54) is 0 Å². The molecule has 0 spiro atoms. The zero-order valence-corrected chi connectivity index (χ0v) is 18.9. The van der Waals surface area contributed by atoms with Crippen molar-refractivity contribution in [2.45, 2.75) is 32.0 Å². The van der Waals surface area contributed by atoms with Crippen LogP contribution in [0.1, 0.15) is 29.2 Å². The summed E-state index contributed by atoms with van der Waals surface area (Å²) in [6.45, 7) is 6.88. The fourth-order valence-corrected chi connectivity index (χ4v) is 5.71. The number of carbonyl (C=O) groups excluding carboxylic acids is 1. The maximum absolute atomic E-state index is 13.3. The van der Waals surface area contributed by atoms with Gasteiger partial charge in [0.15, 0.2) is 0 Å². The molecule has 0 bridgehead atoms. The zero-order chi connectivity index (χ0) is 22.1. The van der Waals surface area contributed by atoms with Crippen LogP contribution < -0.4 is 4.74 Å². The minimum absolute atomic E-state index is 0.0480. The van der Waals surface area contributed by atoms with E-state index in [1.807, 2.05) is 47.4 Å². The maximum atomic E-state index is 13.3. The first-order valence-corrected chi connectivity index (χ1v) is 11.6. The van der Waals surface area contributed by atoms with Gasteiger partial charge in [-0.05, 0) is 36.1 Å². The average molecular weight is 437 g/mol. The molecule has 3 saturated heterocycles. The van der Waals surface area contributed by atoms with E-state index in [0.29, 0.717) is 18.4 Å². The molecule has 1 amide bonds. The van der Waals surface area contributed by atoms with Gasteiger partial charge in [0.05, 0.1) is 26.4 Å². The van der Waals surface area contributed by atoms with Gasteiger partial charge in [0.25, 0.3) is 0 Å². The Morgan fingerprint density at radius 1 is 1.06 bits per heavy atom. The van der Waals surface area contributed by atoms with Crippen LogP contribution >= 0.6 is 0 Å². The number of methoxy groups -OCH3 is 1. The molecule has 2 aromatic carbocycles. The van der Waals surface area contributed by atoms with Gasteiger partial charge in [0.1, 0.15) is 12.4 Å². The van der Waals surface area contributed by atoms with E-state index < -0.39 is 0 Å². The van der Waals surface area contributed by atoms with Crippen LogP contribution in [0.5, 0.6) is 5.75 Å². The van der Waals surface area contributed by atoms with Gasteiger partial charge in [0, 0.05) is 37.5 Å². The van der Waals surface area contributed by atoms with E-state index >= 15 is 0 Å². The lowest BCUT2D eigenvalue weighted by Crippen LogP contribution is -2.41. The van der Waals surface area contributed by atoms with Crippen LogP contribution in [0.15, 0.2) is 48.5 Å². The summed E-state index contributed by atoms with van der Waals surface area (Å²) in [6, 6.07) is 16.2. The Bertz CT molecular complexity index is 938. The summed E-state index contributed by atoms with van der Waals surface area (Å²) in [4.78, 5) is 17.8. The summed E-state index contributed by atoms with van der Waals surface area (Å²) < 4.78 is 17.1. The van der Waals surface area contributed by atoms with Gasteiger partial charge in [-0.25, -0.2) is 4.79 Å². The fourth-order valence-electron chi connectivity index (χ4n) is 5.71. The van der Waals surface area contributed by atoms with Gasteiger partial charge in [-0.1, -0.05) is 42.5 Å². The molecule has 0 aromatic heterocycles. The molecule has 5 rings (SSSR count). The van der Waals surface area contributed by atoms with Crippen molar-refractivity contribution in [2.24, 2.45) is 11.8 Å². The highest BCUT2D eigenvalue weighted by atomic mass is 16.6. The predicted octanol–water partition coefficient (Wildman–Crippen LogP) is 4.03. The zero-order valence-electron chi connectivity index (χ0n) is 18.9. The van der Waals surface area contributed by atoms with Gasteiger partial charge in [-0.3, -0.25) is 9.80 Å². The van der Waals surface area contributed by atoms with Crippen molar-refractivity contribution in [3.63, 3.8) is 0 Å². The molecule has 6 heteroatoms. The van der Waals surface area contributed by atoms with Crippen LogP contribution in [0.25, 0.3) is 0 Å².